The third-order valence-corrected chi connectivity index (χ3v) is 3.55. The molecule has 0 aliphatic rings. The van der Waals surface area contributed by atoms with Gasteiger partial charge in [0.25, 0.3) is 0 Å². The van der Waals surface area contributed by atoms with Crippen molar-refractivity contribution in [3.05, 3.63) is 26.3 Å². The van der Waals surface area contributed by atoms with E-state index in [4.69, 9.17) is 4.74 Å². The first-order valence-corrected chi connectivity index (χ1v) is 8.93. The Morgan fingerprint density at radius 2 is 0.952 bits per heavy atom. The maximum atomic E-state index is 6.24. The minimum atomic E-state index is 0.508. The van der Waals surface area contributed by atoms with Crippen LogP contribution >= 0.6 is 0 Å². The first kappa shape index (κ1) is 25.4. The minimum absolute atomic E-state index is 0.508. The van der Waals surface area contributed by atoms with E-state index in [1.807, 2.05) is 0 Å². The molecule has 2 unspecified atom stereocenters. The Morgan fingerprint density at radius 3 is 1.19 bits per heavy atom. The Morgan fingerprint density at radius 1 is 0.619 bits per heavy atom. The van der Waals surface area contributed by atoms with Crippen LogP contribution < -0.4 is 0 Å². The lowest BCUT2D eigenvalue weighted by atomic mass is 10.1. The molecule has 1 heteroatoms. The number of ether oxygens (including phenoxy) is 1. The molecule has 0 saturated heterocycles. The standard InChI is InChI=1S/C16H34O.2C2H4/c1-5-9-11-13-15(7-3)17-16(8-4)14-12-10-6-2;2*1-2/h15-16H,5-14H2,1-4H3;2*1-2H2. The predicted octanol–water partition coefficient (Wildman–Crippen LogP) is 7.33. The second-order valence-corrected chi connectivity index (χ2v) is 5.19. The van der Waals surface area contributed by atoms with Crippen LogP contribution in [0.4, 0.5) is 0 Å². The van der Waals surface area contributed by atoms with Crippen LogP contribution in [0, 0.1) is 0 Å². The normalized spacial score (nSPS) is 12.4. The molecule has 0 bridgehead atoms. The van der Waals surface area contributed by atoms with Crippen molar-refractivity contribution < 1.29 is 4.74 Å². The van der Waals surface area contributed by atoms with E-state index >= 15 is 0 Å². The summed E-state index contributed by atoms with van der Waals surface area (Å²) in [6.45, 7) is 21.0. The maximum Gasteiger partial charge on any atom is 0.0576 e. The second kappa shape index (κ2) is 24.5. The monoisotopic (exact) mass is 298 g/mol. The highest BCUT2D eigenvalue weighted by Gasteiger charge is 2.13. The molecule has 0 fully saturated rings. The van der Waals surface area contributed by atoms with E-state index in [0.29, 0.717) is 12.2 Å². The van der Waals surface area contributed by atoms with Crippen molar-refractivity contribution in [1.29, 1.82) is 0 Å². The fraction of sp³-hybridized carbons (Fsp3) is 0.800. The van der Waals surface area contributed by atoms with E-state index in [1.165, 1.54) is 64.2 Å². The summed E-state index contributed by atoms with van der Waals surface area (Å²) in [5.74, 6) is 0. The highest BCUT2D eigenvalue weighted by Crippen LogP contribution is 2.17. The summed E-state index contributed by atoms with van der Waals surface area (Å²) >= 11 is 0. The van der Waals surface area contributed by atoms with E-state index in [9.17, 15) is 0 Å². The van der Waals surface area contributed by atoms with Gasteiger partial charge < -0.3 is 4.74 Å². The van der Waals surface area contributed by atoms with Gasteiger partial charge in [0.15, 0.2) is 0 Å². The SMILES string of the molecule is C=C.C=C.CCCCCC(CC)OC(CC)CCCCC. The number of unbranched alkanes of at least 4 members (excludes halogenated alkanes) is 4. The Labute approximate surface area is 135 Å². The Balaban J connectivity index is -0.000000739. The van der Waals surface area contributed by atoms with E-state index < -0.39 is 0 Å². The molecule has 0 saturated carbocycles. The second-order valence-electron chi connectivity index (χ2n) is 5.19. The van der Waals surface area contributed by atoms with Crippen LogP contribution in [0.5, 0.6) is 0 Å². The van der Waals surface area contributed by atoms with Gasteiger partial charge >= 0.3 is 0 Å². The van der Waals surface area contributed by atoms with Gasteiger partial charge in [-0.1, -0.05) is 66.2 Å². The third kappa shape index (κ3) is 19.4. The molecule has 0 aromatic rings. The highest BCUT2D eigenvalue weighted by atomic mass is 16.5. The Hall–Kier alpha value is -0.560. The molecule has 21 heavy (non-hydrogen) atoms. The van der Waals surface area contributed by atoms with Gasteiger partial charge in [0.1, 0.15) is 0 Å². The average molecular weight is 299 g/mol. The van der Waals surface area contributed by atoms with Gasteiger partial charge in [0.2, 0.25) is 0 Å². The van der Waals surface area contributed by atoms with Gasteiger partial charge in [-0.25, -0.2) is 0 Å². The summed E-state index contributed by atoms with van der Waals surface area (Å²) in [5.41, 5.74) is 0. The van der Waals surface area contributed by atoms with Crippen molar-refractivity contribution in [2.75, 3.05) is 0 Å². The van der Waals surface area contributed by atoms with E-state index in [1.54, 1.807) is 0 Å². The Kier molecular flexibility index (Phi) is 29.6. The molecule has 0 amide bonds. The molecule has 0 rings (SSSR count). The van der Waals surface area contributed by atoms with Crippen molar-refractivity contribution in [2.45, 2.75) is 104 Å². The van der Waals surface area contributed by atoms with Crippen LogP contribution in [0.3, 0.4) is 0 Å². The number of hydrogen-bond acceptors (Lipinski definition) is 1. The van der Waals surface area contributed by atoms with Crippen LogP contribution in [0.15, 0.2) is 26.3 Å². The zero-order valence-electron chi connectivity index (χ0n) is 15.5. The van der Waals surface area contributed by atoms with Crippen molar-refractivity contribution in [1.82, 2.24) is 0 Å². The molecule has 0 heterocycles. The first-order valence-electron chi connectivity index (χ1n) is 8.93. The third-order valence-electron chi connectivity index (χ3n) is 3.55. The molecule has 0 N–H and O–H groups in total. The number of hydrogen-bond donors (Lipinski definition) is 0. The van der Waals surface area contributed by atoms with Crippen LogP contribution in [-0.4, -0.2) is 12.2 Å². The van der Waals surface area contributed by atoms with Gasteiger partial charge in [-0.05, 0) is 25.7 Å². The summed E-state index contributed by atoms with van der Waals surface area (Å²) in [5, 5.41) is 0. The molecule has 2 atom stereocenters. The molecular weight excluding hydrogens is 256 g/mol. The van der Waals surface area contributed by atoms with Crippen LogP contribution in [0.2, 0.25) is 0 Å². The zero-order valence-corrected chi connectivity index (χ0v) is 15.5. The van der Waals surface area contributed by atoms with Crippen molar-refractivity contribution in [3.8, 4) is 0 Å². The highest BCUT2D eigenvalue weighted by molar-refractivity contribution is 4.62. The van der Waals surface area contributed by atoms with Crippen molar-refractivity contribution in [3.63, 3.8) is 0 Å². The van der Waals surface area contributed by atoms with E-state index in [0.717, 1.165) is 0 Å². The first-order chi connectivity index (χ1) is 10.3. The molecular formula is C20H42O. The lowest BCUT2D eigenvalue weighted by molar-refractivity contribution is -0.0256. The molecule has 0 radical (unpaired) electrons. The lowest BCUT2D eigenvalue weighted by Gasteiger charge is -2.23. The fourth-order valence-corrected chi connectivity index (χ4v) is 2.25. The summed E-state index contributed by atoms with van der Waals surface area (Å²) in [7, 11) is 0. The molecule has 1 nitrogen and oxygen atoms in total. The summed E-state index contributed by atoms with van der Waals surface area (Å²) < 4.78 is 6.24. The zero-order chi connectivity index (χ0) is 16.9. The molecule has 0 aliphatic heterocycles. The van der Waals surface area contributed by atoms with Gasteiger partial charge in [-0.15, -0.1) is 26.3 Å². The Bertz CT molecular complexity index is 149. The van der Waals surface area contributed by atoms with E-state index in [2.05, 4.69) is 54.0 Å². The number of rotatable bonds is 12. The summed E-state index contributed by atoms with van der Waals surface area (Å²) in [6.07, 6.45) is 13.9. The van der Waals surface area contributed by atoms with Crippen LogP contribution in [0.1, 0.15) is 91.9 Å². The quantitative estimate of drug-likeness (QED) is 0.271. The largest absolute Gasteiger partial charge is 0.375 e. The molecule has 128 valence electrons. The van der Waals surface area contributed by atoms with Gasteiger partial charge in [0.05, 0.1) is 12.2 Å². The van der Waals surface area contributed by atoms with Crippen LogP contribution in [-0.2, 0) is 4.74 Å². The van der Waals surface area contributed by atoms with Crippen molar-refractivity contribution >= 4 is 0 Å². The van der Waals surface area contributed by atoms with E-state index in [-0.39, 0.29) is 0 Å². The minimum Gasteiger partial charge on any atom is -0.375 e. The summed E-state index contributed by atoms with van der Waals surface area (Å²) in [6, 6.07) is 0. The maximum absolute atomic E-state index is 6.24. The topological polar surface area (TPSA) is 9.23 Å². The smallest absolute Gasteiger partial charge is 0.0576 e. The molecule has 0 aromatic carbocycles. The molecule has 0 spiro atoms. The molecule has 0 aliphatic carbocycles. The van der Waals surface area contributed by atoms with Crippen molar-refractivity contribution in [2.24, 2.45) is 0 Å². The van der Waals surface area contributed by atoms with Gasteiger partial charge in [-0.3, -0.25) is 0 Å². The van der Waals surface area contributed by atoms with Gasteiger partial charge in [0, 0.05) is 0 Å². The predicted molar refractivity (Wildman–Crippen MR) is 100 cm³/mol. The molecule has 0 aromatic heterocycles. The average Bonchev–Trinajstić information content (AvgIpc) is 2.56. The fourth-order valence-electron chi connectivity index (χ4n) is 2.25. The van der Waals surface area contributed by atoms with Gasteiger partial charge in [-0.2, -0.15) is 0 Å². The lowest BCUT2D eigenvalue weighted by Crippen LogP contribution is -2.21. The summed E-state index contributed by atoms with van der Waals surface area (Å²) in [4.78, 5) is 0. The van der Waals surface area contributed by atoms with Crippen LogP contribution in [0.25, 0.3) is 0 Å².